The zero-order valence-corrected chi connectivity index (χ0v) is 30.4. The van der Waals surface area contributed by atoms with Crippen LogP contribution >= 0.6 is 0 Å². The van der Waals surface area contributed by atoms with Gasteiger partial charge in [0, 0.05) is 12.5 Å². The molecule has 0 aliphatic carbocycles. The maximum Gasteiger partial charge on any atom is 0.330 e. The molecule has 0 atom stereocenters. The smallest absolute Gasteiger partial charge is 0.330 e. The minimum Gasteiger partial charge on any atom is -0.463 e. The Morgan fingerprint density at radius 2 is 0.667 bits per heavy atom. The average Bonchev–Trinajstić information content (AvgIpc) is 3.09. The van der Waals surface area contributed by atoms with Crippen LogP contribution < -0.4 is 0 Å². The van der Waals surface area contributed by atoms with Crippen LogP contribution in [0.15, 0.2) is 12.7 Å². The zero-order valence-electron chi connectivity index (χ0n) is 30.4. The molecular formula is C37H70O11. The van der Waals surface area contributed by atoms with Gasteiger partial charge >= 0.3 is 11.9 Å². The molecule has 0 aromatic rings. The first-order valence-electron chi connectivity index (χ1n) is 18.7. The van der Waals surface area contributed by atoms with E-state index in [1.807, 2.05) is 0 Å². The van der Waals surface area contributed by atoms with E-state index in [2.05, 4.69) is 13.5 Å². The summed E-state index contributed by atoms with van der Waals surface area (Å²) in [5.74, 6) is -0.592. The van der Waals surface area contributed by atoms with Gasteiger partial charge in [0.15, 0.2) is 0 Å². The van der Waals surface area contributed by atoms with E-state index in [9.17, 15) is 9.59 Å². The molecule has 0 aliphatic rings. The maximum absolute atomic E-state index is 11.9. The van der Waals surface area contributed by atoms with Gasteiger partial charge in [-0.25, -0.2) is 4.79 Å². The van der Waals surface area contributed by atoms with Crippen molar-refractivity contribution in [1.29, 1.82) is 0 Å². The van der Waals surface area contributed by atoms with Crippen LogP contribution in [-0.4, -0.2) is 118 Å². The van der Waals surface area contributed by atoms with Gasteiger partial charge in [0.2, 0.25) is 0 Å². The van der Waals surface area contributed by atoms with E-state index in [-0.39, 0.29) is 19.2 Å². The summed E-state index contributed by atoms with van der Waals surface area (Å²) in [4.78, 5) is 22.7. The molecule has 284 valence electrons. The van der Waals surface area contributed by atoms with E-state index in [1.165, 1.54) is 83.5 Å². The first-order valence-corrected chi connectivity index (χ1v) is 18.7. The summed E-state index contributed by atoms with van der Waals surface area (Å²) in [6, 6.07) is 0. The molecule has 0 aliphatic heterocycles. The van der Waals surface area contributed by atoms with Gasteiger partial charge in [0.1, 0.15) is 13.2 Å². The molecule has 0 rings (SSSR count). The largest absolute Gasteiger partial charge is 0.463 e. The van der Waals surface area contributed by atoms with E-state index >= 15 is 0 Å². The molecule has 0 N–H and O–H groups in total. The van der Waals surface area contributed by atoms with Crippen molar-refractivity contribution in [3.05, 3.63) is 12.7 Å². The SMILES string of the molecule is C=CC(=O)OCCOCCOCCOCCOCCOCCOCCOCCOC(=O)CCCCCCCCCCCCCCCCC. The van der Waals surface area contributed by atoms with Crippen molar-refractivity contribution in [2.75, 3.05) is 106 Å². The van der Waals surface area contributed by atoms with Gasteiger partial charge in [-0.15, -0.1) is 0 Å². The molecule has 0 spiro atoms. The number of carbonyl (C=O) groups is 2. The molecule has 0 unspecified atom stereocenters. The summed E-state index contributed by atoms with van der Waals surface area (Å²) in [5, 5.41) is 0. The van der Waals surface area contributed by atoms with Crippen LogP contribution in [0.2, 0.25) is 0 Å². The molecule has 0 fully saturated rings. The van der Waals surface area contributed by atoms with Gasteiger partial charge in [-0.05, 0) is 6.42 Å². The van der Waals surface area contributed by atoms with Crippen LogP contribution in [0, 0.1) is 0 Å². The van der Waals surface area contributed by atoms with Crippen LogP contribution in [-0.2, 0) is 52.2 Å². The summed E-state index contributed by atoms with van der Waals surface area (Å²) >= 11 is 0. The lowest BCUT2D eigenvalue weighted by molar-refractivity contribution is -0.145. The van der Waals surface area contributed by atoms with Gasteiger partial charge in [-0.3, -0.25) is 4.79 Å². The number of carbonyl (C=O) groups excluding carboxylic acids is 2. The van der Waals surface area contributed by atoms with Crippen molar-refractivity contribution in [2.45, 2.75) is 110 Å². The second-order valence-corrected chi connectivity index (χ2v) is 11.6. The van der Waals surface area contributed by atoms with E-state index in [1.54, 1.807) is 0 Å². The quantitative estimate of drug-likeness (QED) is 0.0391. The van der Waals surface area contributed by atoms with E-state index in [0.29, 0.717) is 98.9 Å². The highest BCUT2D eigenvalue weighted by Gasteiger charge is 2.03. The first-order chi connectivity index (χ1) is 23.7. The first kappa shape index (κ1) is 46.4. The Morgan fingerprint density at radius 3 is 0.979 bits per heavy atom. The third-order valence-corrected chi connectivity index (χ3v) is 7.35. The number of esters is 2. The number of rotatable bonds is 41. The summed E-state index contributed by atoms with van der Waals surface area (Å²) in [6.07, 6.45) is 21.3. The molecule has 0 aromatic heterocycles. The Kier molecular flexibility index (Phi) is 40.2. The summed E-state index contributed by atoms with van der Waals surface area (Å²) in [5.41, 5.74) is 0. The fourth-order valence-electron chi connectivity index (χ4n) is 4.61. The van der Waals surface area contributed by atoms with Gasteiger partial charge in [0.05, 0.1) is 92.5 Å². The van der Waals surface area contributed by atoms with Crippen molar-refractivity contribution in [3.8, 4) is 0 Å². The molecule has 0 saturated carbocycles. The molecular weight excluding hydrogens is 620 g/mol. The normalized spacial score (nSPS) is 11.2. The fraction of sp³-hybridized carbons (Fsp3) is 0.892. The molecule has 48 heavy (non-hydrogen) atoms. The molecule has 11 nitrogen and oxygen atoms in total. The number of unbranched alkanes of at least 4 members (excludes halogenated alkanes) is 14. The number of hydrogen-bond donors (Lipinski definition) is 0. The van der Waals surface area contributed by atoms with Crippen LogP contribution in [0.4, 0.5) is 0 Å². The van der Waals surface area contributed by atoms with Gasteiger partial charge in [-0.1, -0.05) is 103 Å². The van der Waals surface area contributed by atoms with Crippen molar-refractivity contribution in [2.24, 2.45) is 0 Å². The Labute approximate surface area is 292 Å². The summed E-state index contributed by atoms with van der Waals surface area (Å²) in [7, 11) is 0. The highest BCUT2D eigenvalue weighted by molar-refractivity contribution is 5.81. The predicted octanol–water partition coefficient (Wildman–Crippen LogP) is 6.64. The molecule has 0 heterocycles. The highest BCUT2D eigenvalue weighted by Crippen LogP contribution is 2.13. The lowest BCUT2D eigenvalue weighted by atomic mass is 10.0. The Bertz CT molecular complexity index is 678. The van der Waals surface area contributed by atoms with Gasteiger partial charge in [0.25, 0.3) is 0 Å². The average molecular weight is 691 g/mol. The Morgan fingerprint density at radius 1 is 0.396 bits per heavy atom. The third-order valence-electron chi connectivity index (χ3n) is 7.35. The van der Waals surface area contributed by atoms with Gasteiger partial charge in [-0.2, -0.15) is 0 Å². The van der Waals surface area contributed by atoms with Crippen molar-refractivity contribution >= 4 is 11.9 Å². The molecule has 0 aromatic carbocycles. The molecule has 11 heteroatoms. The maximum atomic E-state index is 11.9. The topological polar surface area (TPSA) is 117 Å². The van der Waals surface area contributed by atoms with E-state index < -0.39 is 5.97 Å². The fourth-order valence-corrected chi connectivity index (χ4v) is 4.61. The molecule has 0 saturated heterocycles. The Hall–Kier alpha value is -1.60. The van der Waals surface area contributed by atoms with Crippen molar-refractivity contribution in [3.63, 3.8) is 0 Å². The third kappa shape index (κ3) is 40.6. The van der Waals surface area contributed by atoms with E-state index in [4.69, 9.17) is 42.6 Å². The lowest BCUT2D eigenvalue weighted by Crippen LogP contribution is -2.15. The second kappa shape index (κ2) is 41.6. The second-order valence-electron chi connectivity index (χ2n) is 11.6. The van der Waals surface area contributed by atoms with Gasteiger partial charge < -0.3 is 42.6 Å². The zero-order chi connectivity index (χ0) is 34.9. The highest BCUT2D eigenvalue weighted by atomic mass is 16.6. The van der Waals surface area contributed by atoms with Crippen LogP contribution in [0.1, 0.15) is 110 Å². The molecule has 0 amide bonds. The summed E-state index contributed by atoms with van der Waals surface area (Å²) in [6.45, 7) is 12.4. The lowest BCUT2D eigenvalue weighted by Gasteiger charge is -2.09. The van der Waals surface area contributed by atoms with Crippen molar-refractivity contribution in [1.82, 2.24) is 0 Å². The van der Waals surface area contributed by atoms with Crippen molar-refractivity contribution < 1.29 is 52.2 Å². The molecule has 0 radical (unpaired) electrons. The standard InChI is InChI=1S/C37H70O11/c1-3-5-6-7-8-9-10-11-12-13-14-15-16-17-18-19-37(39)48-35-33-46-31-29-44-27-25-42-23-21-40-20-22-41-24-26-43-28-30-45-32-34-47-36(38)4-2/h4H,2-3,5-35H2,1H3. The van der Waals surface area contributed by atoms with Crippen LogP contribution in [0.25, 0.3) is 0 Å². The summed E-state index contributed by atoms with van der Waals surface area (Å²) < 4.78 is 48.0. The van der Waals surface area contributed by atoms with E-state index in [0.717, 1.165) is 18.9 Å². The predicted molar refractivity (Wildman–Crippen MR) is 187 cm³/mol. The minimum atomic E-state index is -0.458. The number of hydrogen-bond acceptors (Lipinski definition) is 11. The number of ether oxygens (including phenoxy) is 9. The monoisotopic (exact) mass is 690 g/mol. The molecule has 0 bridgehead atoms. The minimum absolute atomic E-state index is 0.134. The van der Waals surface area contributed by atoms with Crippen LogP contribution in [0.5, 0.6) is 0 Å². The Balaban J connectivity index is 3.15. The van der Waals surface area contributed by atoms with Crippen LogP contribution in [0.3, 0.4) is 0 Å².